The predicted molar refractivity (Wildman–Crippen MR) is 87.4 cm³/mol. The van der Waals surface area contributed by atoms with Crippen molar-refractivity contribution in [3.05, 3.63) is 42.2 Å². The maximum Gasteiger partial charge on any atom is 0.261 e. The highest BCUT2D eigenvalue weighted by Crippen LogP contribution is 2.31. The van der Waals surface area contributed by atoms with Gasteiger partial charge in [0.15, 0.2) is 0 Å². The second-order valence-corrected chi connectivity index (χ2v) is 8.33. The molecule has 1 amide bonds. The summed E-state index contributed by atoms with van der Waals surface area (Å²) in [5, 5.41) is 5.02. The van der Waals surface area contributed by atoms with Gasteiger partial charge in [0.05, 0.1) is 11.4 Å². The van der Waals surface area contributed by atoms with Crippen LogP contribution in [-0.2, 0) is 18.7 Å². The summed E-state index contributed by atoms with van der Waals surface area (Å²) in [5.74, 6) is 2.27. The molecule has 0 spiro atoms. The first-order chi connectivity index (χ1) is 9.24. The molecule has 0 radical (unpaired) electrons. The second-order valence-electron chi connectivity index (χ2n) is 4.24. The molecule has 0 saturated carbocycles. The van der Waals surface area contributed by atoms with E-state index in [1.54, 1.807) is 22.7 Å². The third-order valence-electron chi connectivity index (χ3n) is 2.95. The molecule has 0 fully saturated rings. The van der Waals surface area contributed by atoms with Gasteiger partial charge in [0.25, 0.3) is 5.91 Å². The van der Waals surface area contributed by atoms with Crippen LogP contribution in [0.1, 0.15) is 25.0 Å². The third kappa shape index (κ3) is 3.07. The quantitative estimate of drug-likeness (QED) is 0.868. The Labute approximate surface area is 132 Å². The van der Waals surface area contributed by atoms with Crippen LogP contribution in [0.15, 0.2) is 22.0 Å². The summed E-state index contributed by atoms with van der Waals surface area (Å²) < 4.78 is 1.07. The van der Waals surface area contributed by atoms with Gasteiger partial charge in [-0.05, 0) is 51.2 Å². The van der Waals surface area contributed by atoms with Crippen LogP contribution in [0.25, 0.3) is 0 Å². The zero-order chi connectivity index (χ0) is 13.2. The highest BCUT2D eigenvalue weighted by molar-refractivity contribution is 9.10. The molecule has 0 atom stereocenters. The van der Waals surface area contributed by atoms with Gasteiger partial charge in [0.1, 0.15) is 0 Å². The fraction of sp³-hybridized carbons (Fsp3) is 0.308. The summed E-state index contributed by atoms with van der Waals surface area (Å²) in [6.07, 6.45) is 1.11. The van der Waals surface area contributed by atoms with Crippen LogP contribution in [0, 0.1) is 0 Å². The zero-order valence-corrected chi connectivity index (χ0v) is 14.1. The van der Waals surface area contributed by atoms with Crippen molar-refractivity contribution >= 4 is 56.3 Å². The van der Waals surface area contributed by atoms with Crippen molar-refractivity contribution in [2.24, 2.45) is 0 Å². The van der Waals surface area contributed by atoms with Gasteiger partial charge in [-0.3, -0.25) is 4.79 Å². The molecule has 1 N–H and O–H groups in total. The van der Waals surface area contributed by atoms with Crippen molar-refractivity contribution in [1.29, 1.82) is 0 Å². The summed E-state index contributed by atoms with van der Waals surface area (Å²) in [6.45, 7) is 0.592. The van der Waals surface area contributed by atoms with Crippen molar-refractivity contribution in [3.8, 4) is 0 Å². The summed E-state index contributed by atoms with van der Waals surface area (Å²) >= 11 is 8.73. The number of aryl methyl sites for hydroxylation is 1. The van der Waals surface area contributed by atoms with Gasteiger partial charge in [-0.2, -0.15) is 11.8 Å². The Morgan fingerprint density at radius 3 is 3.11 bits per heavy atom. The summed E-state index contributed by atoms with van der Waals surface area (Å²) in [6, 6.07) is 4.07. The monoisotopic (exact) mass is 373 g/mol. The van der Waals surface area contributed by atoms with E-state index in [-0.39, 0.29) is 5.91 Å². The second kappa shape index (κ2) is 5.99. The molecule has 3 rings (SSSR count). The summed E-state index contributed by atoms with van der Waals surface area (Å²) in [4.78, 5) is 15.5. The topological polar surface area (TPSA) is 29.1 Å². The standard InChI is InChI=1S/C13H12BrNOS3/c14-9-1-4-18-12(9)6-15-13(16)11-5-8-7-17-3-2-10(8)19-11/h1,4-5H,2-3,6-7H2,(H,15,16). The molecule has 1 aliphatic heterocycles. The molecule has 0 unspecified atom stereocenters. The Kier molecular flexibility index (Phi) is 4.31. The van der Waals surface area contributed by atoms with Gasteiger partial charge in [0.2, 0.25) is 0 Å². The molecule has 0 bridgehead atoms. The van der Waals surface area contributed by atoms with Gasteiger partial charge < -0.3 is 5.32 Å². The van der Waals surface area contributed by atoms with E-state index in [0.717, 1.165) is 26.4 Å². The number of hydrogen-bond donors (Lipinski definition) is 1. The minimum Gasteiger partial charge on any atom is -0.346 e. The number of hydrogen-bond acceptors (Lipinski definition) is 4. The molecule has 6 heteroatoms. The number of amides is 1. The first-order valence-corrected chi connectivity index (χ1v) is 9.58. The van der Waals surface area contributed by atoms with E-state index in [4.69, 9.17) is 0 Å². The van der Waals surface area contributed by atoms with Crippen molar-refractivity contribution in [2.75, 3.05) is 5.75 Å². The lowest BCUT2D eigenvalue weighted by atomic mass is 10.2. The number of nitrogens with one attached hydrogen (secondary N) is 1. The van der Waals surface area contributed by atoms with E-state index < -0.39 is 0 Å². The molecule has 0 aliphatic carbocycles. The number of carbonyl (C=O) groups excluding carboxylic acids is 1. The van der Waals surface area contributed by atoms with E-state index in [9.17, 15) is 4.79 Å². The van der Waals surface area contributed by atoms with E-state index in [1.165, 1.54) is 16.2 Å². The average Bonchev–Trinajstić information content (AvgIpc) is 3.01. The average molecular weight is 374 g/mol. The molecule has 2 nitrogen and oxygen atoms in total. The minimum absolute atomic E-state index is 0.0460. The van der Waals surface area contributed by atoms with E-state index >= 15 is 0 Å². The molecule has 19 heavy (non-hydrogen) atoms. The summed E-state index contributed by atoms with van der Waals surface area (Å²) in [7, 11) is 0. The van der Waals surface area contributed by atoms with Crippen LogP contribution in [0.5, 0.6) is 0 Å². The maximum atomic E-state index is 12.2. The Morgan fingerprint density at radius 1 is 1.47 bits per heavy atom. The van der Waals surface area contributed by atoms with Crippen molar-refractivity contribution < 1.29 is 4.79 Å². The first kappa shape index (κ1) is 13.7. The molecule has 100 valence electrons. The smallest absolute Gasteiger partial charge is 0.261 e. The highest BCUT2D eigenvalue weighted by Gasteiger charge is 2.17. The number of rotatable bonds is 3. The van der Waals surface area contributed by atoms with Crippen LogP contribution in [0.4, 0.5) is 0 Å². The van der Waals surface area contributed by atoms with Crippen molar-refractivity contribution in [3.63, 3.8) is 0 Å². The van der Waals surface area contributed by atoms with E-state index in [1.807, 2.05) is 23.2 Å². The highest BCUT2D eigenvalue weighted by atomic mass is 79.9. The van der Waals surface area contributed by atoms with Crippen molar-refractivity contribution in [2.45, 2.75) is 18.7 Å². The predicted octanol–water partition coefficient (Wildman–Crippen LogP) is 4.29. The third-order valence-corrected chi connectivity index (χ3v) is 7.12. The largest absolute Gasteiger partial charge is 0.346 e. The normalized spacial score (nSPS) is 14.2. The minimum atomic E-state index is 0.0460. The molecule has 1 aliphatic rings. The Bertz CT molecular complexity index is 581. The van der Waals surface area contributed by atoms with Crippen LogP contribution in [0.2, 0.25) is 0 Å². The lowest BCUT2D eigenvalue weighted by Crippen LogP contribution is -2.21. The lowest BCUT2D eigenvalue weighted by molar-refractivity contribution is 0.0955. The van der Waals surface area contributed by atoms with Gasteiger partial charge in [-0.15, -0.1) is 22.7 Å². The molecule has 0 saturated heterocycles. The fourth-order valence-corrected chi connectivity index (χ4v) is 5.68. The van der Waals surface area contributed by atoms with Crippen LogP contribution < -0.4 is 5.32 Å². The Hall–Kier alpha value is -0.300. The fourth-order valence-electron chi connectivity index (χ4n) is 1.96. The van der Waals surface area contributed by atoms with Crippen molar-refractivity contribution in [1.82, 2.24) is 5.32 Å². The number of thioether (sulfide) groups is 1. The maximum absolute atomic E-state index is 12.2. The van der Waals surface area contributed by atoms with Crippen LogP contribution >= 0.6 is 50.4 Å². The molecule has 3 heterocycles. The van der Waals surface area contributed by atoms with E-state index in [2.05, 4.69) is 27.3 Å². The van der Waals surface area contributed by atoms with Gasteiger partial charge in [-0.25, -0.2) is 0 Å². The van der Waals surface area contributed by atoms with Crippen LogP contribution in [-0.4, -0.2) is 11.7 Å². The van der Waals surface area contributed by atoms with Gasteiger partial charge >= 0.3 is 0 Å². The SMILES string of the molecule is O=C(NCc1sccc1Br)c1cc2c(s1)CCSC2. The number of thiophene rings is 2. The zero-order valence-electron chi connectivity index (χ0n) is 10.1. The Morgan fingerprint density at radius 2 is 2.37 bits per heavy atom. The summed E-state index contributed by atoms with van der Waals surface area (Å²) in [5.41, 5.74) is 1.35. The number of fused-ring (bicyclic) bond motifs is 1. The first-order valence-electron chi connectivity index (χ1n) is 5.93. The lowest BCUT2D eigenvalue weighted by Gasteiger charge is -2.08. The number of halogens is 1. The van der Waals surface area contributed by atoms with Crippen LogP contribution in [0.3, 0.4) is 0 Å². The van der Waals surface area contributed by atoms with Gasteiger partial charge in [0, 0.05) is 20.0 Å². The number of carbonyl (C=O) groups is 1. The van der Waals surface area contributed by atoms with Gasteiger partial charge in [-0.1, -0.05) is 0 Å². The Balaban J connectivity index is 1.67. The molecule has 2 aromatic rings. The molecule has 0 aromatic carbocycles. The molecular weight excluding hydrogens is 362 g/mol. The van der Waals surface area contributed by atoms with E-state index in [0.29, 0.717) is 6.54 Å². The molecule has 2 aromatic heterocycles. The molecular formula is C13H12BrNOS3.